The van der Waals surface area contributed by atoms with Crippen molar-refractivity contribution in [1.29, 1.82) is 0 Å². The third-order valence-corrected chi connectivity index (χ3v) is 4.12. The highest BCUT2D eigenvalue weighted by Gasteiger charge is 2.33. The molecule has 1 aliphatic rings. The topological polar surface area (TPSA) is 46.3 Å². The zero-order valence-corrected chi connectivity index (χ0v) is 12.6. The van der Waals surface area contributed by atoms with Crippen LogP contribution in [-0.4, -0.2) is 28.4 Å². The van der Waals surface area contributed by atoms with Gasteiger partial charge in [0.15, 0.2) is 0 Å². The van der Waals surface area contributed by atoms with E-state index in [0.29, 0.717) is 11.0 Å². The van der Waals surface area contributed by atoms with Crippen molar-refractivity contribution in [2.45, 2.75) is 58.9 Å². The smallest absolute Gasteiger partial charge is 0.233 e. The van der Waals surface area contributed by atoms with Crippen molar-refractivity contribution in [1.82, 2.24) is 4.90 Å². The molecule has 0 aromatic carbocycles. The Morgan fingerprint density at radius 1 is 1.39 bits per heavy atom. The lowest BCUT2D eigenvalue weighted by molar-refractivity contribution is -0.136. The van der Waals surface area contributed by atoms with Crippen LogP contribution in [0.1, 0.15) is 52.9 Å². The van der Waals surface area contributed by atoms with Crippen LogP contribution < -0.4 is 5.73 Å². The molecule has 0 aromatic rings. The molecular formula is C14H26N2OS. The maximum absolute atomic E-state index is 12.7. The average Bonchev–Trinajstić information content (AvgIpc) is 2.52. The zero-order chi connectivity index (χ0) is 13.7. The quantitative estimate of drug-likeness (QED) is 0.799. The van der Waals surface area contributed by atoms with E-state index in [0.717, 1.165) is 25.8 Å². The molecule has 18 heavy (non-hydrogen) atoms. The fourth-order valence-corrected chi connectivity index (χ4v) is 3.18. The van der Waals surface area contributed by atoms with Crippen LogP contribution in [0, 0.1) is 11.8 Å². The Balaban J connectivity index is 2.86. The number of carbonyl (C=O) groups excluding carboxylic acids is 1. The molecule has 0 aliphatic carbocycles. The van der Waals surface area contributed by atoms with Crippen LogP contribution in [0.5, 0.6) is 0 Å². The van der Waals surface area contributed by atoms with Crippen LogP contribution in [0.25, 0.3) is 0 Å². The first-order valence-electron chi connectivity index (χ1n) is 7.08. The highest BCUT2D eigenvalue weighted by Crippen LogP contribution is 2.23. The minimum Gasteiger partial charge on any atom is -0.393 e. The summed E-state index contributed by atoms with van der Waals surface area (Å²) in [4.78, 5) is 15.0. The Kier molecular flexibility index (Phi) is 6.06. The molecule has 2 N–H and O–H groups in total. The Morgan fingerprint density at radius 3 is 2.56 bits per heavy atom. The summed E-state index contributed by atoms with van der Waals surface area (Å²) in [5.74, 6) is 0.0224. The standard InChI is InChI=1S/C14H26N2OS/c1-4-11-8-6-5-7-9-16(11)14(17)12(10(2)3)13(15)18/h10-12H,4-9H2,1-3H3,(H2,15,18). The monoisotopic (exact) mass is 270 g/mol. The van der Waals surface area contributed by atoms with E-state index in [1.54, 1.807) is 0 Å². The molecule has 0 radical (unpaired) electrons. The zero-order valence-electron chi connectivity index (χ0n) is 11.8. The third-order valence-electron chi connectivity index (χ3n) is 3.87. The highest BCUT2D eigenvalue weighted by molar-refractivity contribution is 7.80. The van der Waals surface area contributed by atoms with E-state index < -0.39 is 0 Å². The third kappa shape index (κ3) is 3.67. The lowest BCUT2D eigenvalue weighted by Gasteiger charge is -2.33. The minimum absolute atomic E-state index is 0.145. The summed E-state index contributed by atoms with van der Waals surface area (Å²) < 4.78 is 0. The number of hydrogen-bond acceptors (Lipinski definition) is 2. The second kappa shape index (κ2) is 7.07. The summed E-state index contributed by atoms with van der Waals surface area (Å²) in [5, 5.41) is 0. The van der Waals surface area contributed by atoms with Crippen LogP contribution in [0.2, 0.25) is 0 Å². The highest BCUT2D eigenvalue weighted by atomic mass is 32.1. The van der Waals surface area contributed by atoms with Gasteiger partial charge in [0.1, 0.15) is 0 Å². The Bertz CT molecular complexity index is 304. The van der Waals surface area contributed by atoms with Gasteiger partial charge >= 0.3 is 0 Å². The molecule has 2 atom stereocenters. The molecule has 1 fully saturated rings. The molecule has 0 spiro atoms. The lowest BCUT2D eigenvalue weighted by Crippen LogP contribution is -2.47. The average molecular weight is 270 g/mol. The van der Waals surface area contributed by atoms with Gasteiger partial charge in [0.25, 0.3) is 0 Å². The summed E-state index contributed by atoms with van der Waals surface area (Å²) >= 11 is 5.08. The van der Waals surface area contributed by atoms with Gasteiger partial charge in [-0.05, 0) is 25.2 Å². The number of likely N-dealkylation sites (tertiary alicyclic amines) is 1. The Hall–Kier alpha value is -0.640. The van der Waals surface area contributed by atoms with Gasteiger partial charge in [-0.2, -0.15) is 0 Å². The predicted octanol–water partition coefficient (Wildman–Crippen LogP) is 2.73. The lowest BCUT2D eigenvalue weighted by atomic mass is 9.93. The van der Waals surface area contributed by atoms with Crippen LogP contribution >= 0.6 is 12.2 Å². The SMILES string of the molecule is CCC1CCCCCN1C(=O)C(C(N)=S)C(C)C. The van der Waals surface area contributed by atoms with Gasteiger partial charge in [0.05, 0.1) is 10.9 Å². The molecule has 1 saturated heterocycles. The van der Waals surface area contributed by atoms with Gasteiger partial charge in [0, 0.05) is 12.6 Å². The Morgan fingerprint density at radius 2 is 2.06 bits per heavy atom. The number of nitrogens with zero attached hydrogens (tertiary/aromatic N) is 1. The molecular weight excluding hydrogens is 244 g/mol. The molecule has 104 valence electrons. The van der Waals surface area contributed by atoms with Crippen molar-refractivity contribution in [3.63, 3.8) is 0 Å². The molecule has 0 saturated carbocycles. The van der Waals surface area contributed by atoms with Crippen molar-refractivity contribution >= 4 is 23.1 Å². The van der Waals surface area contributed by atoms with Gasteiger partial charge in [-0.15, -0.1) is 0 Å². The molecule has 4 heteroatoms. The molecule has 1 amide bonds. The van der Waals surface area contributed by atoms with E-state index in [-0.39, 0.29) is 17.7 Å². The van der Waals surface area contributed by atoms with Crippen LogP contribution in [-0.2, 0) is 4.79 Å². The molecule has 1 aliphatic heterocycles. The first-order valence-corrected chi connectivity index (χ1v) is 7.49. The first kappa shape index (κ1) is 15.4. The Labute approximate surface area is 116 Å². The minimum atomic E-state index is -0.299. The van der Waals surface area contributed by atoms with Crippen LogP contribution in [0.4, 0.5) is 0 Å². The van der Waals surface area contributed by atoms with E-state index in [4.69, 9.17) is 18.0 Å². The van der Waals surface area contributed by atoms with Crippen molar-refractivity contribution in [3.05, 3.63) is 0 Å². The molecule has 3 nitrogen and oxygen atoms in total. The maximum Gasteiger partial charge on any atom is 0.233 e. The van der Waals surface area contributed by atoms with Gasteiger partial charge < -0.3 is 10.6 Å². The summed E-state index contributed by atoms with van der Waals surface area (Å²) in [6.07, 6.45) is 5.68. The first-order chi connectivity index (χ1) is 8.49. The van der Waals surface area contributed by atoms with Gasteiger partial charge in [0.2, 0.25) is 5.91 Å². The molecule has 0 aromatic heterocycles. The number of nitrogens with two attached hydrogens (primary N) is 1. The van der Waals surface area contributed by atoms with Crippen molar-refractivity contribution in [2.24, 2.45) is 17.6 Å². The number of rotatable bonds is 4. The number of amides is 1. The summed E-state index contributed by atoms with van der Waals surface area (Å²) in [6, 6.07) is 0.371. The van der Waals surface area contributed by atoms with Gasteiger partial charge in [-0.1, -0.05) is 45.8 Å². The van der Waals surface area contributed by atoms with E-state index in [2.05, 4.69) is 6.92 Å². The van der Waals surface area contributed by atoms with Gasteiger partial charge in [-0.25, -0.2) is 0 Å². The van der Waals surface area contributed by atoms with E-state index in [9.17, 15) is 4.79 Å². The fraction of sp³-hybridized carbons (Fsp3) is 0.857. The van der Waals surface area contributed by atoms with E-state index in [1.807, 2.05) is 18.7 Å². The number of thiocarbonyl (C=S) groups is 1. The van der Waals surface area contributed by atoms with Gasteiger partial charge in [-0.3, -0.25) is 4.79 Å². The van der Waals surface area contributed by atoms with Crippen molar-refractivity contribution in [2.75, 3.05) is 6.54 Å². The second-order valence-corrected chi connectivity index (χ2v) is 6.04. The largest absolute Gasteiger partial charge is 0.393 e. The molecule has 1 heterocycles. The normalized spacial score (nSPS) is 22.7. The number of carbonyl (C=O) groups is 1. The molecule has 2 unspecified atom stereocenters. The summed E-state index contributed by atoms with van der Waals surface area (Å²) in [7, 11) is 0. The van der Waals surface area contributed by atoms with Crippen LogP contribution in [0.3, 0.4) is 0 Å². The second-order valence-electron chi connectivity index (χ2n) is 5.57. The summed E-state index contributed by atoms with van der Waals surface area (Å²) in [5.41, 5.74) is 5.76. The fourth-order valence-electron chi connectivity index (χ4n) is 2.81. The van der Waals surface area contributed by atoms with Crippen molar-refractivity contribution in [3.8, 4) is 0 Å². The maximum atomic E-state index is 12.7. The molecule has 1 rings (SSSR count). The molecule has 0 bridgehead atoms. The van der Waals surface area contributed by atoms with E-state index in [1.165, 1.54) is 12.8 Å². The summed E-state index contributed by atoms with van der Waals surface area (Å²) in [6.45, 7) is 7.05. The van der Waals surface area contributed by atoms with E-state index >= 15 is 0 Å². The van der Waals surface area contributed by atoms with Crippen LogP contribution in [0.15, 0.2) is 0 Å². The van der Waals surface area contributed by atoms with Crippen molar-refractivity contribution < 1.29 is 4.79 Å². The predicted molar refractivity (Wildman–Crippen MR) is 79.4 cm³/mol. The number of hydrogen-bond donors (Lipinski definition) is 1.